The van der Waals surface area contributed by atoms with Crippen LogP contribution in [0.25, 0.3) is 0 Å². The van der Waals surface area contributed by atoms with Gasteiger partial charge in [-0.3, -0.25) is 9.45 Å². The molecule has 0 spiro atoms. The van der Waals surface area contributed by atoms with Gasteiger partial charge in [-0.05, 0) is 65.7 Å². The summed E-state index contributed by atoms with van der Waals surface area (Å²) in [6, 6.07) is 0.670. The number of aliphatic hydroxyl groups is 1. The van der Waals surface area contributed by atoms with Crippen LogP contribution in [0.5, 0.6) is 0 Å². The van der Waals surface area contributed by atoms with Crippen LogP contribution in [-0.4, -0.2) is 79.5 Å². The van der Waals surface area contributed by atoms with Gasteiger partial charge in [0.15, 0.2) is 0 Å². The molecule has 0 aromatic heterocycles. The van der Waals surface area contributed by atoms with E-state index in [9.17, 15) is 13.5 Å². The maximum Gasteiger partial charge on any atom is 0.261 e. The van der Waals surface area contributed by atoms with Crippen LogP contribution in [0.1, 0.15) is 39.0 Å². The van der Waals surface area contributed by atoms with Crippen molar-refractivity contribution in [3.05, 3.63) is 0 Å². The molecule has 2 saturated heterocycles. The topological polar surface area (TPSA) is 81.1 Å². The molecule has 6 nitrogen and oxygen atoms in total. The molecule has 0 saturated carbocycles. The molecular weight excluding hydrogens is 304 g/mol. The van der Waals surface area contributed by atoms with Gasteiger partial charge in [-0.1, -0.05) is 6.42 Å². The van der Waals surface area contributed by atoms with Gasteiger partial charge in [0, 0.05) is 11.6 Å². The van der Waals surface area contributed by atoms with Gasteiger partial charge >= 0.3 is 0 Å². The van der Waals surface area contributed by atoms with E-state index in [1.807, 2.05) is 0 Å². The Labute approximate surface area is 135 Å². The average molecular weight is 336 g/mol. The van der Waals surface area contributed by atoms with E-state index in [-0.39, 0.29) is 5.54 Å². The van der Waals surface area contributed by atoms with Crippen LogP contribution >= 0.6 is 0 Å². The molecule has 2 rings (SSSR count). The minimum Gasteiger partial charge on any atom is -0.394 e. The van der Waals surface area contributed by atoms with Crippen LogP contribution in [0, 0.1) is 5.92 Å². The maximum atomic E-state index is 9.85. The molecule has 0 aliphatic carbocycles. The Morgan fingerprint density at radius 2 is 1.73 bits per heavy atom. The fourth-order valence-corrected chi connectivity index (χ4v) is 3.85. The highest BCUT2D eigenvalue weighted by Crippen LogP contribution is 2.38. The SMILES string of the molecule is CN1CCCCC1C1CCCN(C)C1(C)CO.CS(=O)(=O)O. The third kappa shape index (κ3) is 5.45. The first-order chi connectivity index (χ1) is 10.1. The van der Waals surface area contributed by atoms with Crippen LogP contribution in [0.2, 0.25) is 0 Å². The molecule has 2 N–H and O–H groups in total. The second-order valence-corrected chi connectivity index (χ2v) is 8.43. The molecule has 0 aromatic carbocycles. The molecule has 2 fully saturated rings. The van der Waals surface area contributed by atoms with Gasteiger partial charge in [0.1, 0.15) is 0 Å². The van der Waals surface area contributed by atoms with E-state index < -0.39 is 10.1 Å². The van der Waals surface area contributed by atoms with E-state index in [0.717, 1.165) is 6.54 Å². The molecule has 22 heavy (non-hydrogen) atoms. The first-order valence-corrected chi connectivity index (χ1v) is 9.89. The van der Waals surface area contributed by atoms with Gasteiger partial charge in [-0.15, -0.1) is 0 Å². The molecule has 2 heterocycles. The van der Waals surface area contributed by atoms with Crippen molar-refractivity contribution < 1.29 is 18.1 Å². The number of likely N-dealkylation sites (tertiary alicyclic amines) is 2. The summed E-state index contributed by atoms with van der Waals surface area (Å²) in [6.07, 6.45) is 7.28. The van der Waals surface area contributed by atoms with Crippen molar-refractivity contribution in [2.75, 3.05) is 40.0 Å². The second kappa shape index (κ2) is 8.06. The third-order valence-electron chi connectivity index (χ3n) is 5.29. The molecule has 0 radical (unpaired) electrons. The van der Waals surface area contributed by atoms with Gasteiger partial charge in [0.25, 0.3) is 10.1 Å². The van der Waals surface area contributed by atoms with Crippen LogP contribution < -0.4 is 0 Å². The lowest BCUT2D eigenvalue weighted by Crippen LogP contribution is -2.61. The van der Waals surface area contributed by atoms with E-state index in [0.29, 0.717) is 24.8 Å². The minimum absolute atomic E-state index is 0.0193. The smallest absolute Gasteiger partial charge is 0.261 e. The summed E-state index contributed by atoms with van der Waals surface area (Å²) in [5.41, 5.74) is -0.0193. The Morgan fingerprint density at radius 3 is 2.23 bits per heavy atom. The predicted molar refractivity (Wildman–Crippen MR) is 88.6 cm³/mol. The van der Waals surface area contributed by atoms with E-state index in [4.69, 9.17) is 4.55 Å². The zero-order chi connectivity index (χ0) is 17.0. The monoisotopic (exact) mass is 336 g/mol. The van der Waals surface area contributed by atoms with E-state index in [1.54, 1.807) is 0 Å². The van der Waals surface area contributed by atoms with E-state index in [2.05, 4.69) is 30.8 Å². The normalized spacial score (nSPS) is 34.8. The van der Waals surface area contributed by atoms with Gasteiger partial charge in [0.05, 0.1) is 12.9 Å². The first kappa shape index (κ1) is 19.8. The largest absolute Gasteiger partial charge is 0.394 e. The summed E-state index contributed by atoms with van der Waals surface area (Å²) < 4.78 is 25.9. The quantitative estimate of drug-likeness (QED) is 0.734. The number of likely N-dealkylation sites (N-methyl/N-ethyl adjacent to an activating group) is 1. The van der Waals surface area contributed by atoms with Crippen molar-refractivity contribution in [3.63, 3.8) is 0 Å². The Hall–Kier alpha value is -0.210. The molecule has 0 bridgehead atoms. The van der Waals surface area contributed by atoms with Crippen molar-refractivity contribution in [2.45, 2.75) is 50.6 Å². The molecule has 2 aliphatic rings. The van der Waals surface area contributed by atoms with Gasteiger partial charge in [0.2, 0.25) is 0 Å². The molecule has 132 valence electrons. The van der Waals surface area contributed by atoms with Crippen LogP contribution in [0.4, 0.5) is 0 Å². The standard InChI is InChI=1S/C14H28N2O.CH4O3S/c1-14(11-17)12(7-6-10-16(14)3)13-8-4-5-9-15(13)2;1-5(2,3)4/h12-13,17H,4-11H2,1-3H3;1H3,(H,2,3,4). The molecule has 7 heteroatoms. The van der Waals surface area contributed by atoms with E-state index >= 15 is 0 Å². The number of aliphatic hydroxyl groups excluding tert-OH is 1. The maximum absolute atomic E-state index is 9.85. The highest BCUT2D eigenvalue weighted by atomic mass is 32.2. The molecule has 3 unspecified atom stereocenters. The van der Waals surface area contributed by atoms with Crippen LogP contribution in [0.15, 0.2) is 0 Å². The summed E-state index contributed by atoms with van der Waals surface area (Å²) in [7, 11) is 0.765. The number of rotatable bonds is 2. The Bertz CT molecular complexity index is 435. The minimum atomic E-state index is -3.67. The number of hydrogen-bond acceptors (Lipinski definition) is 5. The summed E-state index contributed by atoms with van der Waals surface area (Å²) in [5, 5.41) is 9.85. The van der Waals surface area contributed by atoms with E-state index in [1.165, 1.54) is 38.6 Å². The van der Waals surface area contributed by atoms with Crippen molar-refractivity contribution in [1.82, 2.24) is 9.80 Å². The number of hydrogen-bond donors (Lipinski definition) is 2. The Morgan fingerprint density at radius 1 is 1.14 bits per heavy atom. The highest BCUT2D eigenvalue weighted by molar-refractivity contribution is 7.85. The lowest BCUT2D eigenvalue weighted by atomic mass is 9.71. The summed E-state index contributed by atoms with van der Waals surface area (Å²) in [4.78, 5) is 4.91. The molecule has 0 amide bonds. The first-order valence-electron chi connectivity index (χ1n) is 8.04. The fourth-order valence-electron chi connectivity index (χ4n) is 3.85. The molecule has 3 atom stereocenters. The van der Waals surface area contributed by atoms with Crippen molar-refractivity contribution in [2.24, 2.45) is 5.92 Å². The predicted octanol–water partition coefficient (Wildman–Crippen LogP) is 1.07. The summed E-state index contributed by atoms with van der Waals surface area (Å²) in [5.74, 6) is 0.622. The average Bonchev–Trinajstić information content (AvgIpc) is 2.41. The Kier molecular flexibility index (Phi) is 7.26. The van der Waals surface area contributed by atoms with Crippen LogP contribution in [0.3, 0.4) is 0 Å². The number of piperidine rings is 2. The molecule has 0 aromatic rings. The zero-order valence-electron chi connectivity index (χ0n) is 14.3. The Balaban J connectivity index is 0.000000422. The van der Waals surface area contributed by atoms with Crippen LogP contribution in [-0.2, 0) is 10.1 Å². The van der Waals surface area contributed by atoms with Crippen molar-refractivity contribution in [1.29, 1.82) is 0 Å². The second-order valence-electron chi connectivity index (χ2n) is 6.96. The third-order valence-corrected chi connectivity index (χ3v) is 5.29. The summed E-state index contributed by atoms with van der Waals surface area (Å²) in [6.45, 7) is 4.90. The zero-order valence-corrected chi connectivity index (χ0v) is 15.1. The van der Waals surface area contributed by atoms with Crippen molar-refractivity contribution in [3.8, 4) is 0 Å². The highest BCUT2D eigenvalue weighted by Gasteiger charge is 2.45. The van der Waals surface area contributed by atoms with Gasteiger partial charge in [-0.25, -0.2) is 0 Å². The van der Waals surface area contributed by atoms with Crippen molar-refractivity contribution >= 4 is 10.1 Å². The fraction of sp³-hybridized carbons (Fsp3) is 1.00. The molecular formula is C15H32N2O4S. The number of nitrogens with zero attached hydrogens (tertiary/aromatic N) is 2. The molecule has 2 aliphatic heterocycles. The summed E-state index contributed by atoms with van der Waals surface area (Å²) >= 11 is 0. The lowest BCUT2D eigenvalue weighted by molar-refractivity contribution is -0.0557. The van der Waals surface area contributed by atoms with Gasteiger partial charge < -0.3 is 10.0 Å². The van der Waals surface area contributed by atoms with Gasteiger partial charge in [-0.2, -0.15) is 8.42 Å². The lowest BCUT2D eigenvalue weighted by Gasteiger charge is -2.53.